The summed E-state index contributed by atoms with van der Waals surface area (Å²) in [6.45, 7) is 8.61. The van der Waals surface area contributed by atoms with E-state index in [0.717, 1.165) is 46.7 Å². The fourth-order valence-corrected chi connectivity index (χ4v) is 15.4. The van der Waals surface area contributed by atoms with Crippen LogP contribution < -0.4 is 10.4 Å². The lowest BCUT2D eigenvalue weighted by molar-refractivity contribution is -0.144. The molecule has 2 fully saturated rings. The van der Waals surface area contributed by atoms with Gasteiger partial charge in [0.05, 0.1) is 31.2 Å². The van der Waals surface area contributed by atoms with Crippen LogP contribution in [0.25, 0.3) is 11.6 Å². The highest BCUT2D eigenvalue weighted by atomic mass is 28.4. The Labute approximate surface area is 383 Å². The van der Waals surface area contributed by atoms with E-state index in [-0.39, 0.29) is 42.3 Å². The summed E-state index contributed by atoms with van der Waals surface area (Å²) in [7, 11) is -3.10. The number of rotatable bonds is 15. The number of piperidine rings is 1. The van der Waals surface area contributed by atoms with Crippen molar-refractivity contribution in [2.75, 3.05) is 26.3 Å². The minimum atomic E-state index is -3.10. The van der Waals surface area contributed by atoms with E-state index in [1.807, 2.05) is 91.0 Å². The molecule has 3 N–H and O–H groups in total. The number of aromatic hydroxyl groups is 1. The van der Waals surface area contributed by atoms with E-state index in [2.05, 4.69) is 62.1 Å². The molecule has 3 aliphatic rings. The van der Waals surface area contributed by atoms with Crippen LogP contribution in [0.5, 0.6) is 5.75 Å². The van der Waals surface area contributed by atoms with Crippen LogP contribution in [0.1, 0.15) is 69.6 Å². The topological polar surface area (TPSA) is 111 Å². The van der Waals surface area contributed by atoms with E-state index in [1.165, 1.54) is 22.6 Å². The first kappa shape index (κ1) is 46.1. The number of halogens is 1. The van der Waals surface area contributed by atoms with Crippen LogP contribution in [0.2, 0.25) is 5.04 Å². The average molecular weight is 893 g/mol. The van der Waals surface area contributed by atoms with Gasteiger partial charge < -0.3 is 19.7 Å². The number of carbonyl (C=O) groups excluding carboxylic acids is 2. The highest BCUT2D eigenvalue weighted by molar-refractivity contribution is 6.99. The summed E-state index contributed by atoms with van der Waals surface area (Å²) < 4.78 is 22.0. The van der Waals surface area contributed by atoms with Crippen molar-refractivity contribution in [2.45, 2.75) is 76.6 Å². The lowest BCUT2D eigenvalue weighted by Gasteiger charge is -2.44. The molecular weight excluding hydrogens is 832 g/mol. The molecular formula is C55H61FN2O6Si. The Kier molecular flexibility index (Phi) is 14.1. The van der Waals surface area contributed by atoms with Crippen LogP contribution >= 0.6 is 0 Å². The number of hydrogen-bond acceptors (Lipinski definition) is 7. The Hall–Kier alpha value is -5.49. The van der Waals surface area contributed by atoms with Gasteiger partial charge in [0, 0.05) is 31.6 Å². The number of allylic oxidation sites excluding steroid dienone is 1. The molecule has 2 heterocycles. The maximum Gasteiger partial charge on any atom is 0.261 e. The lowest BCUT2D eigenvalue weighted by atomic mass is 9.68. The van der Waals surface area contributed by atoms with Crippen LogP contribution in [0, 0.1) is 23.6 Å². The fourth-order valence-electron chi connectivity index (χ4n) is 10.8. The van der Waals surface area contributed by atoms with Gasteiger partial charge >= 0.3 is 0 Å². The van der Waals surface area contributed by atoms with Crippen LogP contribution in [0.15, 0.2) is 151 Å². The highest BCUT2D eigenvalue weighted by Crippen LogP contribution is 2.48. The van der Waals surface area contributed by atoms with Crippen molar-refractivity contribution >= 4 is 42.2 Å². The smallest absolute Gasteiger partial charge is 0.261 e. The molecule has 8 rings (SSSR count). The molecule has 0 bridgehead atoms. The summed E-state index contributed by atoms with van der Waals surface area (Å²) in [4.78, 5) is 33.4. The second-order valence-corrected chi connectivity index (χ2v) is 23.3. The lowest BCUT2D eigenvalue weighted by Crippen LogP contribution is -2.66. The summed E-state index contributed by atoms with van der Waals surface area (Å²) in [6.07, 6.45) is 2.90. The van der Waals surface area contributed by atoms with Gasteiger partial charge in [-0.25, -0.2) is 4.39 Å². The minimum absolute atomic E-state index is 0.104. The van der Waals surface area contributed by atoms with Gasteiger partial charge in [0.15, 0.2) is 11.6 Å². The SMILES string of the molecule is CC(C)(C)[Si](OCC1=C([C@H](O)CC/C(=C/c2ccc(O)c(F)c2)c2ccccc2)[C@H](CO)[C@@H]2C(=O)N(C3CCN(Cc4ccccc4)CC3)C(=O)[C@@H]2C1)(c1ccccc1)c1ccccc1. The Morgan fingerprint density at radius 1 is 0.831 bits per heavy atom. The van der Waals surface area contributed by atoms with Crippen molar-refractivity contribution < 1.29 is 33.7 Å². The molecule has 338 valence electrons. The van der Waals surface area contributed by atoms with E-state index >= 15 is 0 Å². The summed E-state index contributed by atoms with van der Waals surface area (Å²) in [5.41, 5.74) is 4.82. The van der Waals surface area contributed by atoms with Gasteiger partial charge in [-0.1, -0.05) is 154 Å². The molecule has 0 radical (unpaired) electrons. The summed E-state index contributed by atoms with van der Waals surface area (Å²) >= 11 is 0. The molecule has 2 saturated heterocycles. The highest BCUT2D eigenvalue weighted by Gasteiger charge is 2.57. The molecule has 5 aromatic rings. The average Bonchev–Trinajstić information content (AvgIpc) is 3.57. The number of aliphatic hydroxyl groups excluding tert-OH is 2. The number of fused-ring (bicyclic) bond motifs is 1. The first-order chi connectivity index (χ1) is 31.4. The molecule has 2 aliphatic heterocycles. The van der Waals surface area contributed by atoms with E-state index in [1.54, 1.807) is 6.07 Å². The number of nitrogens with zero attached hydrogens (tertiary/aromatic N) is 2. The predicted molar refractivity (Wildman–Crippen MR) is 257 cm³/mol. The van der Waals surface area contributed by atoms with E-state index < -0.39 is 50.3 Å². The van der Waals surface area contributed by atoms with Crippen molar-refractivity contribution in [1.29, 1.82) is 0 Å². The zero-order valence-electron chi connectivity index (χ0n) is 37.7. The van der Waals surface area contributed by atoms with Crippen molar-refractivity contribution in [3.05, 3.63) is 173 Å². The third-order valence-corrected chi connectivity index (χ3v) is 19.0. The molecule has 0 saturated carbocycles. The number of benzene rings is 5. The number of carbonyl (C=O) groups is 2. The normalized spacial score (nSPS) is 20.6. The molecule has 8 nitrogen and oxygen atoms in total. The molecule has 4 atom stereocenters. The minimum Gasteiger partial charge on any atom is -0.505 e. The van der Waals surface area contributed by atoms with Crippen LogP contribution in [-0.2, 0) is 20.6 Å². The van der Waals surface area contributed by atoms with Gasteiger partial charge in [0.2, 0.25) is 11.8 Å². The third kappa shape index (κ3) is 9.60. The van der Waals surface area contributed by atoms with E-state index in [9.17, 15) is 29.3 Å². The van der Waals surface area contributed by atoms with Crippen molar-refractivity contribution in [1.82, 2.24) is 9.80 Å². The number of hydrogen-bond donors (Lipinski definition) is 3. The quantitative estimate of drug-likeness (QED) is 0.0420. The number of imide groups is 1. The summed E-state index contributed by atoms with van der Waals surface area (Å²) in [5, 5.41) is 35.8. The molecule has 65 heavy (non-hydrogen) atoms. The Morgan fingerprint density at radius 3 is 1.98 bits per heavy atom. The summed E-state index contributed by atoms with van der Waals surface area (Å²) in [6, 6.07) is 44.6. The predicted octanol–water partition coefficient (Wildman–Crippen LogP) is 8.36. The van der Waals surface area contributed by atoms with Crippen molar-refractivity contribution in [2.24, 2.45) is 17.8 Å². The standard InChI is InChI=1S/C55H61FN2O6Si/c1-55(2,3)65(44-20-12-6-13-21-44,45-22-14-7-15-23-45)64-37-42-34-46-52(54(63)58(53(46)62)43-28-30-57(31-29-43)35-38-16-8-4-9-17-38)47(36-59)51(42)50(61)27-25-41(40-18-10-5-11-19-40)32-39-24-26-49(60)48(56)33-39/h4-24,26,32-33,43,46-47,50,52,59-61H,25,27-31,34-37H2,1-3H3/b41-32-/t46-,47+,50-,52-/m1/s1. The van der Waals surface area contributed by atoms with Crippen LogP contribution in [0.3, 0.4) is 0 Å². The number of phenolic OH excluding ortho intramolecular Hbond substituents is 1. The monoisotopic (exact) mass is 892 g/mol. The molecule has 1 aliphatic carbocycles. The molecule has 10 heteroatoms. The Bertz CT molecular complexity index is 2450. The van der Waals surface area contributed by atoms with E-state index in [4.69, 9.17) is 4.43 Å². The van der Waals surface area contributed by atoms with E-state index in [0.29, 0.717) is 30.4 Å². The van der Waals surface area contributed by atoms with Crippen LogP contribution in [0.4, 0.5) is 4.39 Å². The fraction of sp³-hybridized carbons (Fsp3) is 0.345. The third-order valence-electron chi connectivity index (χ3n) is 14.0. The maximum atomic E-state index is 14.8. The number of aliphatic hydroxyl groups is 2. The van der Waals surface area contributed by atoms with Crippen molar-refractivity contribution in [3.63, 3.8) is 0 Å². The van der Waals surface area contributed by atoms with Crippen molar-refractivity contribution in [3.8, 4) is 5.75 Å². The van der Waals surface area contributed by atoms with Gasteiger partial charge in [-0.3, -0.25) is 19.4 Å². The zero-order valence-corrected chi connectivity index (χ0v) is 38.7. The number of likely N-dealkylation sites (tertiary alicyclic amines) is 2. The molecule has 0 aromatic heterocycles. The van der Waals surface area contributed by atoms with Gasteiger partial charge in [-0.05, 0) is 93.1 Å². The van der Waals surface area contributed by atoms with Gasteiger partial charge in [-0.2, -0.15) is 0 Å². The zero-order chi connectivity index (χ0) is 45.7. The van der Waals surface area contributed by atoms with Gasteiger partial charge in [-0.15, -0.1) is 0 Å². The molecule has 5 aromatic carbocycles. The first-order valence-corrected chi connectivity index (χ1v) is 24.9. The van der Waals surface area contributed by atoms with Crippen LogP contribution in [-0.4, -0.2) is 83.7 Å². The second kappa shape index (κ2) is 19.9. The van der Waals surface area contributed by atoms with Gasteiger partial charge in [0.25, 0.3) is 8.32 Å². The Morgan fingerprint density at radius 2 is 1.42 bits per heavy atom. The second-order valence-electron chi connectivity index (χ2n) is 19.0. The number of phenols is 1. The molecule has 0 unspecified atom stereocenters. The molecule has 0 spiro atoms. The van der Waals surface area contributed by atoms with Gasteiger partial charge in [0.1, 0.15) is 0 Å². The first-order valence-electron chi connectivity index (χ1n) is 23.0. The number of amides is 2. The largest absolute Gasteiger partial charge is 0.505 e. The molecule has 2 amide bonds. The Balaban J connectivity index is 1.14. The maximum absolute atomic E-state index is 14.8. The summed E-state index contributed by atoms with van der Waals surface area (Å²) in [5.74, 6) is -3.96.